The van der Waals surface area contributed by atoms with Gasteiger partial charge in [-0.05, 0) is 28.5 Å². The molecule has 2 heteroatoms. The van der Waals surface area contributed by atoms with E-state index in [0.717, 1.165) is 5.56 Å². The Morgan fingerprint density at radius 2 is 1.80 bits per heavy atom. The summed E-state index contributed by atoms with van der Waals surface area (Å²) < 4.78 is 0. The Kier molecular flexibility index (Phi) is 4.30. The molecule has 1 rings (SSSR count). The Morgan fingerprint density at radius 3 is 2.27 bits per heavy atom. The van der Waals surface area contributed by atoms with Gasteiger partial charge in [0, 0.05) is 0 Å². The minimum Gasteiger partial charge on any atom is -0.251 e. The molecule has 0 saturated heterocycles. The molecule has 0 amide bonds. The maximum Gasteiger partial charge on any atom is 0.107 e. The van der Waals surface area contributed by atoms with Gasteiger partial charge in [-0.25, -0.2) is 4.89 Å². The fourth-order valence-corrected chi connectivity index (χ4v) is 2.04. The average Bonchev–Trinajstić information content (AvgIpc) is 2.17. The molecule has 0 aliphatic rings. The Morgan fingerprint density at radius 1 is 1.13 bits per heavy atom. The highest BCUT2D eigenvalue weighted by Gasteiger charge is 2.13. The second-order valence-electron chi connectivity index (χ2n) is 4.50. The van der Waals surface area contributed by atoms with E-state index in [1.807, 2.05) is 12.1 Å². The van der Waals surface area contributed by atoms with Crippen LogP contribution in [0.4, 0.5) is 0 Å². The van der Waals surface area contributed by atoms with Gasteiger partial charge in [0.25, 0.3) is 0 Å². The lowest BCUT2D eigenvalue weighted by Crippen LogP contribution is -2.04. The van der Waals surface area contributed by atoms with Gasteiger partial charge in [-0.15, -0.1) is 0 Å². The van der Waals surface area contributed by atoms with Gasteiger partial charge >= 0.3 is 0 Å². The van der Waals surface area contributed by atoms with Gasteiger partial charge in [-0.3, -0.25) is 5.26 Å². The van der Waals surface area contributed by atoms with Gasteiger partial charge in [-0.2, -0.15) is 0 Å². The highest BCUT2D eigenvalue weighted by molar-refractivity contribution is 5.39. The van der Waals surface area contributed by atoms with Gasteiger partial charge in [0.1, 0.15) is 6.61 Å². The summed E-state index contributed by atoms with van der Waals surface area (Å²) in [6.45, 7) is 8.98. The summed E-state index contributed by atoms with van der Waals surface area (Å²) in [7, 11) is 0. The summed E-state index contributed by atoms with van der Waals surface area (Å²) in [4.78, 5) is 4.25. The Bertz CT molecular complexity index is 316. The van der Waals surface area contributed by atoms with Crippen molar-refractivity contribution in [2.75, 3.05) is 0 Å². The zero-order valence-electron chi connectivity index (χ0n) is 9.95. The van der Waals surface area contributed by atoms with Crippen LogP contribution < -0.4 is 0 Å². The second-order valence-corrected chi connectivity index (χ2v) is 4.50. The van der Waals surface area contributed by atoms with Crippen LogP contribution in [0.1, 0.15) is 56.2 Å². The van der Waals surface area contributed by atoms with Crippen LogP contribution in [0.15, 0.2) is 18.2 Å². The zero-order valence-corrected chi connectivity index (χ0v) is 9.95. The van der Waals surface area contributed by atoms with E-state index in [1.165, 1.54) is 11.1 Å². The maximum absolute atomic E-state index is 8.56. The third-order valence-corrected chi connectivity index (χ3v) is 2.65. The highest BCUT2D eigenvalue weighted by Crippen LogP contribution is 2.29. The Balaban J connectivity index is 3.22. The molecular formula is C13H20O2. The van der Waals surface area contributed by atoms with Crippen LogP contribution in [-0.4, -0.2) is 5.26 Å². The van der Waals surface area contributed by atoms with Gasteiger partial charge in [0.15, 0.2) is 0 Å². The standard InChI is InChI=1S/C13H20O2/c1-9(2)12-7-5-6-11(8-15-14)13(12)10(3)4/h5-7,9-10,14H,8H2,1-4H3. The molecule has 0 radical (unpaired) electrons. The van der Waals surface area contributed by atoms with Gasteiger partial charge < -0.3 is 0 Å². The number of benzene rings is 1. The van der Waals surface area contributed by atoms with Crippen LogP contribution in [0.5, 0.6) is 0 Å². The monoisotopic (exact) mass is 208 g/mol. The molecule has 0 aromatic heterocycles. The minimum atomic E-state index is 0.272. The highest BCUT2D eigenvalue weighted by atomic mass is 17.1. The van der Waals surface area contributed by atoms with Crippen molar-refractivity contribution in [1.29, 1.82) is 0 Å². The SMILES string of the molecule is CC(C)c1cccc(COO)c1C(C)C. The topological polar surface area (TPSA) is 29.5 Å². The van der Waals surface area contributed by atoms with E-state index in [9.17, 15) is 0 Å². The Hall–Kier alpha value is -0.860. The van der Waals surface area contributed by atoms with Crippen LogP contribution in [0.2, 0.25) is 0 Å². The van der Waals surface area contributed by atoms with Crippen LogP contribution in [-0.2, 0) is 11.5 Å². The molecule has 1 aromatic carbocycles. The molecule has 0 heterocycles. The summed E-state index contributed by atoms with van der Waals surface area (Å²) in [5, 5.41) is 8.56. The van der Waals surface area contributed by atoms with E-state index < -0.39 is 0 Å². The molecule has 1 aromatic rings. The number of rotatable bonds is 4. The average molecular weight is 208 g/mol. The molecule has 0 aliphatic heterocycles. The summed E-state index contributed by atoms with van der Waals surface area (Å²) >= 11 is 0. The molecule has 0 fully saturated rings. The first kappa shape index (κ1) is 12.2. The van der Waals surface area contributed by atoms with Gasteiger partial charge in [0.05, 0.1) is 0 Å². The largest absolute Gasteiger partial charge is 0.251 e. The quantitative estimate of drug-likeness (QED) is 0.600. The fraction of sp³-hybridized carbons (Fsp3) is 0.538. The molecular weight excluding hydrogens is 188 g/mol. The molecule has 15 heavy (non-hydrogen) atoms. The first-order chi connectivity index (χ1) is 7.07. The van der Waals surface area contributed by atoms with E-state index in [0.29, 0.717) is 11.8 Å². The molecule has 1 N–H and O–H groups in total. The van der Waals surface area contributed by atoms with E-state index in [4.69, 9.17) is 5.26 Å². The predicted octanol–water partition coefficient (Wildman–Crippen LogP) is 3.92. The summed E-state index contributed by atoms with van der Waals surface area (Å²) in [5.74, 6) is 0.954. The van der Waals surface area contributed by atoms with E-state index in [1.54, 1.807) is 0 Å². The molecule has 0 aliphatic carbocycles. The number of hydrogen-bond donors (Lipinski definition) is 1. The normalized spacial score (nSPS) is 11.4. The van der Waals surface area contributed by atoms with Crippen molar-refractivity contribution in [3.63, 3.8) is 0 Å². The number of hydrogen-bond acceptors (Lipinski definition) is 2. The molecule has 0 unspecified atom stereocenters. The van der Waals surface area contributed by atoms with Crippen molar-refractivity contribution in [3.8, 4) is 0 Å². The van der Waals surface area contributed by atoms with Crippen molar-refractivity contribution in [1.82, 2.24) is 0 Å². The van der Waals surface area contributed by atoms with Gasteiger partial charge in [-0.1, -0.05) is 45.9 Å². The third-order valence-electron chi connectivity index (χ3n) is 2.65. The van der Waals surface area contributed by atoms with Crippen LogP contribution >= 0.6 is 0 Å². The van der Waals surface area contributed by atoms with Crippen molar-refractivity contribution >= 4 is 0 Å². The molecule has 0 bridgehead atoms. The Labute approximate surface area is 91.8 Å². The first-order valence-electron chi connectivity index (χ1n) is 5.46. The predicted molar refractivity (Wildman–Crippen MR) is 62.0 cm³/mol. The molecule has 84 valence electrons. The fourth-order valence-electron chi connectivity index (χ4n) is 2.04. The maximum atomic E-state index is 8.56. The molecule has 0 atom stereocenters. The third kappa shape index (κ3) is 2.80. The zero-order chi connectivity index (χ0) is 11.4. The minimum absolute atomic E-state index is 0.272. The smallest absolute Gasteiger partial charge is 0.107 e. The van der Waals surface area contributed by atoms with E-state index in [2.05, 4.69) is 38.6 Å². The lowest BCUT2D eigenvalue weighted by atomic mass is 9.87. The van der Waals surface area contributed by atoms with Crippen molar-refractivity contribution < 1.29 is 10.1 Å². The van der Waals surface area contributed by atoms with Crippen LogP contribution in [0.25, 0.3) is 0 Å². The lowest BCUT2D eigenvalue weighted by molar-refractivity contribution is -0.253. The summed E-state index contributed by atoms with van der Waals surface area (Å²) in [5.41, 5.74) is 3.74. The van der Waals surface area contributed by atoms with Crippen LogP contribution in [0.3, 0.4) is 0 Å². The van der Waals surface area contributed by atoms with Crippen molar-refractivity contribution in [2.45, 2.75) is 46.1 Å². The lowest BCUT2D eigenvalue weighted by Gasteiger charge is -2.19. The first-order valence-corrected chi connectivity index (χ1v) is 5.46. The van der Waals surface area contributed by atoms with Gasteiger partial charge in [0.2, 0.25) is 0 Å². The van der Waals surface area contributed by atoms with Crippen LogP contribution in [0, 0.1) is 0 Å². The molecule has 0 saturated carbocycles. The molecule has 0 spiro atoms. The van der Waals surface area contributed by atoms with E-state index in [-0.39, 0.29) is 6.61 Å². The van der Waals surface area contributed by atoms with E-state index >= 15 is 0 Å². The second kappa shape index (κ2) is 5.29. The summed E-state index contributed by atoms with van der Waals surface area (Å²) in [6.07, 6.45) is 0. The summed E-state index contributed by atoms with van der Waals surface area (Å²) in [6, 6.07) is 6.19. The van der Waals surface area contributed by atoms with Crippen molar-refractivity contribution in [2.24, 2.45) is 0 Å². The van der Waals surface area contributed by atoms with Crippen molar-refractivity contribution in [3.05, 3.63) is 34.9 Å². The molecule has 2 nitrogen and oxygen atoms in total.